The minimum Gasteiger partial charge on any atom is -0.334 e. The van der Waals surface area contributed by atoms with Crippen molar-refractivity contribution in [3.8, 4) is 10.6 Å². The summed E-state index contributed by atoms with van der Waals surface area (Å²) in [4.78, 5) is 18.8. The molecule has 27 heavy (non-hydrogen) atoms. The summed E-state index contributed by atoms with van der Waals surface area (Å²) in [6.07, 6.45) is -2.66. The van der Waals surface area contributed by atoms with E-state index in [0.717, 1.165) is 23.5 Å². The second-order valence-electron chi connectivity index (χ2n) is 6.39. The fourth-order valence-corrected chi connectivity index (χ4v) is 5.07. The van der Waals surface area contributed by atoms with Gasteiger partial charge in [0.15, 0.2) is 9.84 Å². The lowest BCUT2D eigenvalue weighted by Crippen LogP contribution is -2.39. The predicted octanol–water partition coefficient (Wildman–Crippen LogP) is 3.48. The Kier molecular flexibility index (Phi) is 5.31. The first-order valence-electron chi connectivity index (χ1n) is 8.22. The molecule has 0 saturated carbocycles. The molecule has 146 valence electrons. The fraction of sp³-hybridized carbons (Fsp3) is 0.412. The van der Waals surface area contributed by atoms with Gasteiger partial charge in [0.1, 0.15) is 9.88 Å². The van der Waals surface area contributed by atoms with Gasteiger partial charge in [-0.2, -0.15) is 13.2 Å². The zero-order valence-electron chi connectivity index (χ0n) is 14.4. The number of aromatic nitrogens is 1. The largest absolute Gasteiger partial charge is 0.416 e. The molecular weight excluding hydrogens is 401 g/mol. The van der Waals surface area contributed by atoms with E-state index in [0.29, 0.717) is 21.9 Å². The van der Waals surface area contributed by atoms with Gasteiger partial charge in [-0.3, -0.25) is 4.79 Å². The van der Waals surface area contributed by atoms with Crippen LogP contribution in [0.25, 0.3) is 10.6 Å². The molecule has 0 radical (unpaired) electrons. The highest BCUT2D eigenvalue weighted by molar-refractivity contribution is 7.91. The fourth-order valence-electron chi connectivity index (χ4n) is 2.82. The summed E-state index contributed by atoms with van der Waals surface area (Å²) < 4.78 is 61.5. The third-order valence-electron chi connectivity index (χ3n) is 4.46. The normalized spacial score (nSPS) is 20.3. The van der Waals surface area contributed by atoms with Crippen LogP contribution in [0.2, 0.25) is 0 Å². The minimum absolute atomic E-state index is 0.0530. The number of hydrogen-bond acceptors (Lipinski definition) is 5. The Morgan fingerprint density at radius 2 is 1.89 bits per heavy atom. The molecule has 1 fully saturated rings. The van der Waals surface area contributed by atoms with Crippen LogP contribution < -0.4 is 0 Å². The van der Waals surface area contributed by atoms with E-state index in [1.165, 1.54) is 23.2 Å². The molecule has 2 heterocycles. The maximum atomic E-state index is 12.8. The van der Waals surface area contributed by atoms with Gasteiger partial charge < -0.3 is 4.90 Å². The predicted molar refractivity (Wildman–Crippen MR) is 96.3 cm³/mol. The second-order valence-corrected chi connectivity index (χ2v) is 9.73. The topological polar surface area (TPSA) is 67.3 Å². The van der Waals surface area contributed by atoms with Crippen molar-refractivity contribution in [2.24, 2.45) is 0 Å². The molecule has 5 nitrogen and oxygen atoms in total. The van der Waals surface area contributed by atoms with Crippen molar-refractivity contribution in [1.82, 2.24) is 9.88 Å². The average Bonchev–Trinajstić information content (AvgIpc) is 3.04. The number of rotatable bonds is 2. The van der Waals surface area contributed by atoms with Crippen molar-refractivity contribution in [2.45, 2.75) is 25.6 Å². The van der Waals surface area contributed by atoms with E-state index in [2.05, 4.69) is 4.98 Å². The Labute approximate surface area is 158 Å². The van der Waals surface area contributed by atoms with Crippen LogP contribution in [-0.4, -0.2) is 48.3 Å². The van der Waals surface area contributed by atoms with Gasteiger partial charge in [-0.25, -0.2) is 13.4 Å². The Morgan fingerprint density at radius 1 is 1.22 bits per heavy atom. The Balaban J connectivity index is 1.80. The summed E-state index contributed by atoms with van der Waals surface area (Å²) in [5, 5.41) is 0.433. The molecule has 0 bridgehead atoms. The molecule has 0 spiro atoms. The maximum Gasteiger partial charge on any atom is 0.416 e. The number of alkyl halides is 3. The van der Waals surface area contributed by atoms with Crippen molar-refractivity contribution in [2.75, 3.05) is 18.1 Å². The molecular formula is C17H17F3N2O3S2. The third-order valence-corrected chi connectivity index (χ3v) is 7.16. The van der Waals surface area contributed by atoms with Gasteiger partial charge in [0, 0.05) is 18.2 Å². The summed E-state index contributed by atoms with van der Waals surface area (Å²) in [7, 11) is -3.15. The van der Waals surface area contributed by atoms with Crippen LogP contribution in [0.4, 0.5) is 13.2 Å². The third kappa shape index (κ3) is 4.49. The molecule has 0 aliphatic carbocycles. The first-order chi connectivity index (χ1) is 12.6. The highest BCUT2D eigenvalue weighted by atomic mass is 32.2. The number of nitrogens with zero attached hydrogens (tertiary/aromatic N) is 2. The van der Waals surface area contributed by atoms with Crippen LogP contribution in [0.3, 0.4) is 0 Å². The van der Waals surface area contributed by atoms with Crippen molar-refractivity contribution in [1.29, 1.82) is 0 Å². The number of amides is 1. The summed E-state index contributed by atoms with van der Waals surface area (Å²) in [5.41, 5.74) is -0.266. The van der Waals surface area contributed by atoms with Gasteiger partial charge in [0.05, 0.1) is 23.3 Å². The van der Waals surface area contributed by atoms with Gasteiger partial charge in [0.25, 0.3) is 5.91 Å². The van der Waals surface area contributed by atoms with E-state index in [1.54, 1.807) is 6.92 Å². The minimum atomic E-state index is -4.41. The molecule has 1 aromatic carbocycles. The molecule has 1 atom stereocenters. The van der Waals surface area contributed by atoms with E-state index in [9.17, 15) is 26.4 Å². The lowest BCUT2D eigenvalue weighted by Gasteiger charge is -2.25. The van der Waals surface area contributed by atoms with Crippen molar-refractivity contribution in [3.05, 3.63) is 40.9 Å². The Morgan fingerprint density at radius 3 is 2.52 bits per heavy atom. The summed E-state index contributed by atoms with van der Waals surface area (Å²) in [6.45, 7) is 1.92. The molecule has 10 heteroatoms. The zero-order valence-corrected chi connectivity index (χ0v) is 16.0. The number of halogens is 3. The van der Waals surface area contributed by atoms with Gasteiger partial charge >= 0.3 is 6.18 Å². The first-order valence-corrected chi connectivity index (χ1v) is 10.9. The van der Waals surface area contributed by atoms with Gasteiger partial charge in [-0.15, -0.1) is 11.3 Å². The molecule has 2 aromatic rings. The van der Waals surface area contributed by atoms with Crippen LogP contribution in [-0.2, 0) is 16.0 Å². The maximum absolute atomic E-state index is 12.8. The molecule has 1 amide bonds. The number of carbonyl (C=O) groups excluding carboxylic acids is 1. The van der Waals surface area contributed by atoms with Crippen LogP contribution in [0.1, 0.15) is 28.6 Å². The molecule has 1 unspecified atom stereocenters. The second kappa shape index (κ2) is 7.23. The van der Waals surface area contributed by atoms with Gasteiger partial charge in [0.2, 0.25) is 0 Å². The van der Waals surface area contributed by atoms with Crippen molar-refractivity contribution in [3.63, 3.8) is 0 Å². The SMILES string of the molecule is CC1CCS(=O)(=O)CCN1C(=O)c1cnc(-c2ccc(C(F)(F)F)cc2)s1. The highest BCUT2D eigenvalue weighted by Gasteiger charge is 2.31. The van der Waals surface area contributed by atoms with Crippen LogP contribution >= 0.6 is 11.3 Å². The van der Waals surface area contributed by atoms with E-state index >= 15 is 0 Å². The molecule has 0 N–H and O–H groups in total. The smallest absolute Gasteiger partial charge is 0.334 e. The van der Waals surface area contributed by atoms with Crippen LogP contribution in [0, 0.1) is 0 Å². The van der Waals surface area contributed by atoms with E-state index in [4.69, 9.17) is 0 Å². The first kappa shape index (κ1) is 19.8. The summed E-state index contributed by atoms with van der Waals surface area (Å²) >= 11 is 1.08. The van der Waals surface area contributed by atoms with Crippen LogP contribution in [0.15, 0.2) is 30.5 Å². The lowest BCUT2D eigenvalue weighted by atomic mass is 10.1. The van der Waals surface area contributed by atoms with Crippen molar-refractivity contribution >= 4 is 27.1 Å². The van der Waals surface area contributed by atoms with E-state index in [-0.39, 0.29) is 30.0 Å². The van der Waals surface area contributed by atoms with Gasteiger partial charge in [-0.05, 0) is 25.5 Å². The number of hydrogen-bond donors (Lipinski definition) is 0. The monoisotopic (exact) mass is 418 g/mol. The van der Waals surface area contributed by atoms with Gasteiger partial charge in [-0.1, -0.05) is 12.1 Å². The number of thiazole rings is 1. The quantitative estimate of drug-likeness (QED) is 0.749. The molecule has 1 aliphatic rings. The van der Waals surface area contributed by atoms with Crippen LogP contribution in [0.5, 0.6) is 0 Å². The highest BCUT2D eigenvalue weighted by Crippen LogP contribution is 2.32. The summed E-state index contributed by atoms with van der Waals surface area (Å²) in [6, 6.07) is 4.36. The molecule has 1 aliphatic heterocycles. The van der Waals surface area contributed by atoms with E-state index < -0.39 is 21.6 Å². The number of benzene rings is 1. The zero-order chi connectivity index (χ0) is 19.8. The standard InChI is InChI=1S/C17H17F3N2O3S2/c1-11-6-8-27(24,25)9-7-22(11)16(23)14-10-21-15(26-14)12-2-4-13(5-3-12)17(18,19)20/h2-5,10-11H,6-9H2,1H3. The number of sulfone groups is 1. The Bertz CT molecular complexity index is 937. The number of carbonyl (C=O) groups is 1. The Hall–Kier alpha value is -1.94. The molecule has 1 saturated heterocycles. The van der Waals surface area contributed by atoms with E-state index in [1.807, 2.05) is 0 Å². The molecule has 3 rings (SSSR count). The van der Waals surface area contributed by atoms with Crippen molar-refractivity contribution < 1.29 is 26.4 Å². The summed E-state index contributed by atoms with van der Waals surface area (Å²) in [5.74, 6) is -0.333. The molecule has 1 aromatic heterocycles. The average molecular weight is 418 g/mol. The lowest BCUT2D eigenvalue weighted by molar-refractivity contribution is -0.137.